The first kappa shape index (κ1) is 13.6. The number of rotatable bonds is 6. The molecule has 2 aromatic rings. The van der Waals surface area contributed by atoms with Gasteiger partial charge in [-0.15, -0.1) is 5.10 Å². The van der Waals surface area contributed by atoms with E-state index in [1.807, 2.05) is 12.1 Å². The zero-order valence-corrected chi connectivity index (χ0v) is 11.6. The van der Waals surface area contributed by atoms with Gasteiger partial charge in [0.25, 0.3) is 0 Å². The van der Waals surface area contributed by atoms with E-state index in [1.165, 1.54) is 0 Å². The predicted molar refractivity (Wildman–Crippen MR) is 71.8 cm³/mol. The van der Waals surface area contributed by atoms with Gasteiger partial charge in [-0.2, -0.15) is 0 Å². The van der Waals surface area contributed by atoms with Crippen LogP contribution in [0.4, 0.5) is 6.01 Å². The molecule has 2 rings (SSSR count). The Balaban J connectivity index is 1.74. The van der Waals surface area contributed by atoms with Gasteiger partial charge in [0.1, 0.15) is 5.76 Å². The first-order chi connectivity index (χ1) is 9.03. The van der Waals surface area contributed by atoms with Crippen LogP contribution in [0.3, 0.4) is 0 Å². The minimum absolute atomic E-state index is 0.0291. The van der Waals surface area contributed by atoms with Crippen LogP contribution in [-0.2, 0) is 13.0 Å². The lowest BCUT2D eigenvalue weighted by molar-refractivity contribution is 0.383. The van der Waals surface area contributed by atoms with Crippen molar-refractivity contribution in [3.8, 4) is 0 Å². The molecule has 0 aliphatic rings. The van der Waals surface area contributed by atoms with Crippen molar-refractivity contribution in [1.29, 1.82) is 0 Å². The SMILES string of the molecule is CC(C)(C)NCc1nnc(NCCc2ccco2)o1. The normalized spacial score (nSPS) is 11.7. The van der Waals surface area contributed by atoms with Crippen LogP contribution in [-0.4, -0.2) is 22.3 Å². The molecule has 0 amide bonds. The van der Waals surface area contributed by atoms with E-state index in [1.54, 1.807) is 6.26 Å². The molecule has 2 heterocycles. The average Bonchev–Trinajstić information content (AvgIpc) is 2.97. The van der Waals surface area contributed by atoms with Gasteiger partial charge in [-0.1, -0.05) is 5.10 Å². The van der Waals surface area contributed by atoms with Gasteiger partial charge in [0.05, 0.1) is 12.8 Å². The van der Waals surface area contributed by atoms with Gasteiger partial charge >= 0.3 is 6.01 Å². The first-order valence-corrected chi connectivity index (χ1v) is 6.36. The molecule has 0 unspecified atom stereocenters. The molecule has 2 aromatic heterocycles. The second-order valence-corrected chi connectivity index (χ2v) is 5.36. The number of anilines is 1. The highest BCUT2D eigenvalue weighted by Crippen LogP contribution is 2.08. The van der Waals surface area contributed by atoms with Gasteiger partial charge in [0.2, 0.25) is 5.89 Å². The Morgan fingerprint density at radius 1 is 1.26 bits per heavy atom. The maximum absolute atomic E-state index is 5.47. The third-order valence-corrected chi connectivity index (χ3v) is 2.46. The standard InChI is InChI=1S/C13H20N4O2/c1-13(2,3)15-9-11-16-17-12(19-11)14-7-6-10-5-4-8-18-10/h4-5,8,15H,6-7,9H2,1-3H3,(H,14,17). The van der Waals surface area contributed by atoms with E-state index in [0.717, 1.165) is 12.2 Å². The van der Waals surface area contributed by atoms with Crippen LogP contribution in [0.15, 0.2) is 27.2 Å². The van der Waals surface area contributed by atoms with E-state index in [4.69, 9.17) is 8.83 Å². The van der Waals surface area contributed by atoms with Crippen molar-refractivity contribution in [2.45, 2.75) is 39.3 Å². The lowest BCUT2D eigenvalue weighted by Gasteiger charge is -2.18. The summed E-state index contributed by atoms with van der Waals surface area (Å²) in [6, 6.07) is 4.25. The molecule has 0 radical (unpaired) electrons. The first-order valence-electron chi connectivity index (χ1n) is 6.36. The van der Waals surface area contributed by atoms with E-state index in [0.29, 0.717) is 25.0 Å². The molecule has 0 fully saturated rings. The maximum Gasteiger partial charge on any atom is 0.315 e. The second-order valence-electron chi connectivity index (χ2n) is 5.36. The van der Waals surface area contributed by atoms with Gasteiger partial charge in [-0.05, 0) is 32.9 Å². The summed E-state index contributed by atoms with van der Waals surface area (Å²) in [5.41, 5.74) is 0.0291. The summed E-state index contributed by atoms with van der Waals surface area (Å²) in [6.45, 7) is 7.53. The van der Waals surface area contributed by atoms with E-state index in [9.17, 15) is 0 Å². The van der Waals surface area contributed by atoms with E-state index < -0.39 is 0 Å². The molecular formula is C13H20N4O2. The van der Waals surface area contributed by atoms with Crippen molar-refractivity contribution in [2.24, 2.45) is 0 Å². The molecule has 0 saturated heterocycles. The Labute approximate surface area is 112 Å². The van der Waals surface area contributed by atoms with Gasteiger partial charge in [-0.3, -0.25) is 0 Å². The largest absolute Gasteiger partial charge is 0.469 e. The highest BCUT2D eigenvalue weighted by Gasteiger charge is 2.11. The van der Waals surface area contributed by atoms with Gasteiger partial charge < -0.3 is 19.5 Å². The summed E-state index contributed by atoms with van der Waals surface area (Å²) in [7, 11) is 0. The van der Waals surface area contributed by atoms with Crippen molar-refractivity contribution in [2.75, 3.05) is 11.9 Å². The molecule has 0 aliphatic carbocycles. The molecular weight excluding hydrogens is 244 g/mol. The predicted octanol–water partition coefficient (Wildman–Crippen LogP) is 2.21. The Morgan fingerprint density at radius 2 is 2.11 bits per heavy atom. The van der Waals surface area contributed by atoms with Crippen LogP contribution >= 0.6 is 0 Å². The molecule has 0 spiro atoms. The summed E-state index contributed by atoms with van der Waals surface area (Å²) in [5.74, 6) is 1.51. The molecule has 0 saturated carbocycles. The lowest BCUT2D eigenvalue weighted by Crippen LogP contribution is -2.35. The number of hydrogen-bond donors (Lipinski definition) is 2. The maximum atomic E-state index is 5.47. The quantitative estimate of drug-likeness (QED) is 0.833. The number of nitrogens with zero attached hydrogens (tertiary/aromatic N) is 2. The number of hydrogen-bond acceptors (Lipinski definition) is 6. The highest BCUT2D eigenvalue weighted by molar-refractivity contribution is 5.17. The summed E-state index contributed by atoms with van der Waals surface area (Å²) in [4.78, 5) is 0. The summed E-state index contributed by atoms with van der Waals surface area (Å²) < 4.78 is 10.7. The van der Waals surface area contributed by atoms with Crippen molar-refractivity contribution in [3.63, 3.8) is 0 Å². The molecule has 6 nitrogen and oxygen atoms in total. The summed E-state index contributed by atoms with van der Waals surface area (Å²) in [5, 5.41) is 14.3. The zero-order chi connectivity index (χ0) is 13.7. The monoisotopic (exact) mass is 264 g/mol. The molecule has 0 aromatic carbocycles. The van der Waals surface area contributed by atoms with E-state index in [2.05, 4.69) is 41.6 Å². The minimum atomic E-state index is 0.0291. The molecule has 19 heavy (non-hydrogen) atoms. The zero-order valence-electron chi connectivity index (χ0n) is 11.6. The van der Waals surface area contributed by atoms with Crippen molar-refractivity contribution in [1.82, 2.24) is 15.5 Å². The fourth-order valence-corrected chi connectivity index (χ4v) is 1.48. The molecule has 0 atom stereocenters. The molecule has 0 bridgehead atoms. The van der Waals surface area contributed by atoms with Crippen LogP contribution in [0.25, 0.3) is 0 Å². The van der Waals surface area contributed by atoms with Crippen molar-refractivity contribution in [3.05, 3.63) is 30.0 Å². The summed E-state index contributed by atoms with van der Waals surface area (Å²) in [6.07, 6.45) is 2.45. The van der Waals surface area contributed by atoms with Gasteiger partial charge in [0, 0.05) is 18.5 Å². The molecule has 104 valence electrons. The van der Waals surface area contributed by atoms with Crippen LogP contribution in [0.2, 0.25) is 0 Å². The Bertz CT molecular complexity index is 485. The minimum Gasteiger partial charge on any atom is -0.469 e. The average molecular weight is 264 g/mol. The van der Waals surface area contributed by atoms with Crippen LogP contribution < -0.4 is 10.6 Å². The highest BCUT2D eigenvalue weighted by atomic mass is 16.4. The number of furan rings is 1. The second kappa shape index (κ2) is 5.88. The van der Waals surface area contributed by atoms with Gasteiger partial charge in [-0.25, -0.2) is 0 Å². The van der Waals surface area contributed by atoms with Gasteiger partial charge in [0.15, 0.2) is 0 Å². The van der Waals surface area contributed by atoms with Crippen molar-refractivity contribution >= 4 is 6.01 Å². The number of aromatic nitrogens is 2. The van der Waals surface area contributed by atoms with E-state index in [-0.39, 0.29) is 5.54 Å². The Kier molecular flexibility index (Phi) is 4.21. The fraction of sp³-hybridized carbons (Fsp3) is 0.538. The smallest absolute Gasteiger partial charge is 0.315 e. The number of nitrogens with one attached hydrogen (secondary N) is 2. The fourth-order valence-electron chi connectivity index (χ4n) is 1.48. The van der Waals surface area contributed by atoms with Crippen LogP contribution in [0, 0.1) is 0 Å². The summed E-state index contributed by atoms with van der Waals surface area (Å²) >= 11 is 0. The topological polar surface area (TPSA) is 76.1 Å². The third kappa shape index (κ3) is 4.75. The third-order valence-electron chi connectivity index (χ3n) is 2.46. The Hall–Kier alpha value is -1.82. The Morgan fingerprint density at radius 3 is 2.79 bits per heavy atom. The molecule has 2 N–H and O–H groups in total. The van der Waals surface area contributed by atoms with Crippen LogP contribution in [0.5, 0.6) is 0 Å². The molecule has 0 aliphatic heterocycles. The van der Waals surface area contributed by atoms with Crippen molar-refractivity contribution < 1.29 is 8.83 Å². The molecule has 6 heteroatoms. The van der Waals surface area contributed by atoms with E-state index >= 15 is 0 Å². The lowest BCUT2D eigenvalue weighted by atomic mass is 10.1. The van der Waals surface area contributed by atoms with Crippen LogP contribution in [0.1, 0.15) is 32.4 Å².